The third-order valence-electron chi connectivity index (χ3n) is 7.16. The van der Waals surface area contributed by atoms with E-state index in [1.54, 1.807) is 48.5 Å². The summed E-state index contributed by atoms with van der Waals surface area (Å²) in [6.45, 7) is 3.39. The molecule has 0 aliphatic rings. The van der Waals surface area contributed by atoms with E-state index in [1.165, 1.54) is 42.7 Å². The van der Waals surface area contributed by atoms with Gasteiger partial charge in [-0.15, -0.1) is 6.42 Å². The number of terminal acetylenes is 2. The van der Waals surface area contributed by atoms with E-state index in [-0.39, 0.29) is 35.7 Å². The number of hydrogen-bond acceptors (Lipinski definition) is 10. The van der Waals surface area contributed by atoms with E-state index >= 15 is 0 Å². The molecule has 0 fully saturated rings. The summed E-state index contributed by atoms with van der Waals surface area (Å²) in [4.78, 5) is 21.9. The Morgan fingerprint density at radius 1 is 0.771 bits per heavy atom. The molecule has 0 saturated carbocycles. The van der Waals surface area contributed by atoms with Crippen LogP contribution in [0.25, 0.3) is 0 Å². The average molecular weight is 668 g/mol. The van der Waals surface area contributed by atoms with Crippen molar-refractivity contribution < 1.29 is 38.6 Å². The molecule has 14 heteroatoms. The van der Waals surface area contributed by atoms with Crippen molar-refractivity contribution in [2.24, 2.45) is 0 Å². The molecule has 0 radical (unpaired) electrons. The molecular weight excluding hydrogens is 638 g/mol. The molecule has 0 aromatic heterocycles. The molecule has 48 heavy (non-hydrogen) atoms. The van der Waals surface area contributed by atoms with Crippen LogP contribution in [0.2, 0.25) is 0 Å². The summed E-state index contributed by atoms with van der Waals surface area (Å²) in [7, 11) is -1.30. The molecule has 0 aliphatic heterocycles. The molecule has 0 aliphatic carbocycles. The third kappa shape index (κ3) is 8.49. The van der Waals surface area contributed by atoms with Gasteiger partial charge in [0.15, 0.2) is 0 Å². The number of benzene rings is 4. The van der Waals surface area contributed by atoms with E-state index in [1.807, 2.05) is 7.57 Å². The predicted octanol–water partition coefficient (Wildman–Crippen LogP) is 4.99. The standard InChI is InChI=1S/C34H30BN2O10P/c1-4-33(38)23-7-17-31(36(40)41)25(19-23)21-44-27-9-11-29(12-10-27)47-48(35,46-6-3)30-15-13-28(14-16-30)45-22-26-20-24(34(39)5-2)8-18-32(26)37(42)43/h1-2,6-20,33-34,38-39,48H,3,21-22,35H2. The van der Waals surface area contributed by atoms with Crippen LogP contribution in [0.4, 0.5) is 11.4 Å². The molecule has 2 unspecified atom stereocenters. The fourth-order valence-corrected chi connectivity index (χ4v) is 6.62. The zero-order chi connectivity index (χ0) is 34.8. The molecule has 244 valence electrons. The van der Waals surface area contributed by atoms with Crippen LogP contribution in [0.3, 0.4) is 0 Å². The molecule has 4 aromatic rings. The second kappa shape index (κ2) is 15.6. The minimum atomic E-state index is -3.12. The van der Waals surface area contributed by atoms with Crippen molar-refractivity contribution in [1.82, 2.24) is 0 Å². The van der Waals surface area contributed by atoms with Gasteiger partial charge in [-0.05, 0) is 0 Å². The molecule has 12 nitrogen and oxygen atoms in total. The van der Waals surface area contributed by atoms with Gasteiger partial charge < -0.3 is 0 Å². The van der Waals surface area contributed by atoms with Crippen LogP contribution < -0.4 is 19.3 Å². The minimum absolute atomic E-state index is 0.144. The number of ether oxygens (including phenoxy) is 2. The van der Waals surface area contributed by atoms with Crippen LogP contribution in [0.5, 0.6) is 17.2 Å². The first-order valence-corrected chi connectivity index (χ1v) is 16.6. The van der Waals surface area contributed by atoms with Gasteiger partial charge in [-0.25, -0.2) is 0 Å². The monoisotopic (exact) mass is 668 g/mol. The average Bonchev–Trinajstić information content (AvgIpc) is 3.09. The molecule has 0 saturated heterocycles. The van der Waals surface area contributed by atoms with E-state index in [4.69, 9.17) is 31.4 Å². The zero-order valence-corrected chi connectivity index (χ0v) is 26.6. The Bertz CT molecular complexity index is 1890. The van der Waals surface area contributed by atoms with E-state index < -0.39 is 29.6 Å². The van der Waals surface area contributed by atoms with Crippen molar-refractivity contribution in [3.05, 3.63) is 140 Å². The fourth-order valence-electron chi connectivity index (χ4n) is 4.65. The van der Waals surface area contributed by atoms with Gasteiger partial charge in [0.2, 0.25) is 0 Å². The Kier molecular flexibility index (Phi) is 11.4. The first kappa shape index (κ1) is 35.0. The van der Waals surface area contributed by atoms with Crippen LogP contribution in [0.15, 0.2) is 97.8 Å². The van der Waals surface area contributed by atoms with Crippen LogP contribution in [0.1, 0.15) is 34.5 Å². The molecule has 0 amide bonds. The Morgan fingerprint density at radius 2 is 1.19 bits per heavy atom. The molecule has 2 atom stereocenters. The van der Waals surface area contributed by atoms with Crippen LogP contribution in [-0.4, -0.2) is 27.6 Å². The van der Waals surface area contributed by atoms with Gasteiger partial charge in [0.25, 0.3) is 0 Å². The number of aliphatic hydroxyl groups is 2. The Balaban J connectivity index is 1.45. The molecule has 2 N–H and O–H groups in total. The molecule has 0 bridgehead atoms. The maximum atomic E-state index is 11.5. The summed E-state index contributed by atoms with van der Waals surface area (Å²) < 4.78 is 23.8. The predicted molar refractivity (Wildman–Crippen MR) is 184 cm³/mol. The van der Waals surface area contributed by atoms with Crippen molar-refractivity contribution >= 4 is 31.8 Å². The van der Waals surface area contributed by atoms with Crippen molar-refractivity contribution in [2.75, 3.05) is 0 Å². The van der Waals surface area contributed by atoms with Gasteiger partial charge in [0, 0.05) is 0 Å². The maximum absolute atomic E-state index is 11.5. The molecule has 0 spiro atoms. The van der Waals surface area contributed by atoms with E-state index in [0.717, 1.165) is 5.30 Å². The van der Waals surface area contributed by atoms with Gasteiger partial charge in [-0.1, -0.05) is 0 Å². The summed E-state index contributed by atoms with van der Waals surface area (Å²) in [6.07, 6.45) is 9.44. The SMILES string of the molecule is B[PH](OC=C)(Oc1ccc(OCc2cc(C(O)C#C)ccc2[N+](=O)[O-])cc1)c1ccc(OCc2cc(C(O)C#C)ccc2[N+](=O)[O-])cc1. The normalized spacial score (nSPS) is 12.3. The van der Waals surface area contributed by atoms with Gasteiger partial charge >= 0.3 is 272 Å². The molecule has 0 heterocycles. The number of aliphatic hydroxyl groups excluding tert-OH is 2. The van der Waals surface area contributed by atoms with Gasteiger partial charge in [-0.3, -0.25) is 0 Å². The Hall–Kier alpha value is -5.85. The number of hydrogen-bond donors (Lipinski definition) is 2. The molecular formula is C34H30BN2O10P. The zero-order valence-electron chi connectivity index (χ0n) is 25.6. The first-order valence-electron chi connectivity index (χ1n) is 14.2. The topological polar surface area (TPSA) is 164 Å². The molecule has 4 aromatic carbocycles. The number of nitro benzene ring substituents is 2. The van der Waals surface area contributed by atoms with E-state index in [9.17, 15) is 30.4 Å². The first-order chi connectivity index (χ1) is 23.0. The van der Waals surface area contributed by atoms with Crippen LogP contribution in [0, 0.1) is 44.9 Å². The number of nitrogens with zero attached hydrogens (tertiary/aromatic N) is 2. The second-order valence-electron chi connectivity index (χ2n) is 10.3. The van der Waals surface area contributed by atoms with Gasteiger partial charge in [-0.2, -0.15) is 0 Å². The quantitative estimate of drug-likeness (QED) is 0.0441. The van der Waals surface area contributed by atoms with E-state index in [2.05, 4.69) is 18.4 Å². The van der Waals surface area contributed by atoms with Crippen LogP contribution >= 0.6 is 7.59 Å². The Morgan fingerprint density at radius 3 is 1.58 bits per heavy atom. The molecule has 4 rings (SSSR count). The van der Waals surface area contributed by atoms with Crippen molar-refractivity contribution in [2.45, 2.75) is 25.4 Å². The van der Waals surface area contributed by atoms with Crippen LogP contribution in [-0.2, 0) is 17.7 Å². The summed E-state index contributed by atoms with van der Waals surface area (Å²) in [6, 6.07) is 21.7. The summed E-state index contributed by atoms with van der Waals surface area (Å²) in [5.41, 5.74) is 0.834. The summed E-state index contributed by atoms with van der Waals surface area (Å²) in [5, 5.41) is 43.6. The fraction of sp³-hybridized carbons (Fsp3) is 0.118. The number of rotatable bonds is 15. The van der Waals surface area contributed by atoms with Gasteiger partial charge in [0.1, 0.15) is 0 Å². The van der Waals surface area contributed by atoms with Crippen molar-refractivity contribution in [3.63, 3.8) is 0 Å². The van der Waals surface area contributed by atoms with Gasteiger partial charge in [0.05, 0.1) is 0 Å². The third-order valence-corrected chi connectivity index (χ3v) is 9.78. The summed E-state index contributed by atoms with van der Waals surface area (Å²) in [5.74, 6) is 5.66. The second-order valence-corrected chi connectivity index (χ2v) is 13.2. The number of nitro groups is 2. The van der Waals surface area contributed by atoms with E-state index in [0.29, 0.717) is 28.4 Å². The summed E-state index contributed by atoms with van der Waals surface area (Å²) >= 11 is 0. The van der Waals surface area contributed by atoms with Crippen molar-refractivity contribution in [3.8, 4) is 41.9 Å². The Labute approximate surface area is 277 Å². The van der Waals surface area contributed by atoms with Crippen molar-refractivity contribution in [1.29, 1.82) is 0 Å².